The molecule has 2 aromatic rings. The summed E-state index contributed by atoms with van der Waals surface area (Å²) in [5, 5.41) is 3.41. The van der Waals surface area contributed by atoms with E-state index in [0.717, 1.165) is 16.0 Å². The molecular weight excluding hydrogens is 320 g/mol. The Kier molecular flexibility index (Phi) is 5.20. The average molecular weight is 339 g/mol. The highest BCUT2D eigenvalue weighted by Gasteiger charge is 2.12. The molecule has 0 aromatic carbocycles. The van der Waals surface area contributed by atoms with Crippen molar-refractivity contribution in [1.29, 1.82) is 0 Å². The lowest BCUT2D eigenvalue weighted by molar-refractivity contribution is 0.229. The molecule has 2 rings (SSSR count). The van der Waals surface area contributed by atoms with Gasteiger partial charge in [0.05, 0.1) is 12.1 Å². The van der Waals surface area contributed by atoms with Crippen molar-refractivity contribution in [3.05, 3.63) is 46.5 Å². The average Bonchev–Trinajstić information content (AvgIpc) is 2.83. The minimum Gasteiger partial charge on any atom is -0.475 e. The minimum absolute atomic E-state index is 0.113. The maximum Gasteiger partial charge on any atom is 0.218 e. The Morgan fingerprint density at radius 1 is 1.30 bits per heavy atom. The van der Waals surface area contributed by atoms with Crippen molar-refractivity contribution >= 4 is 15.9 Å². The first-order valence-corrected chi connectivity index (χ1v) is 7.44. The number of furan rings is 1. The van der Waals surface area contributed by atoms with Crippen LogP contribution in [0.2, 0.25) is 0 Å². The zero-order valence-corrected chi connectivity index (χ0v) is 13.5. The van der Waals surface area contributed by atoms with Crippen molar-refractivity contribution in [1.82, 2.24) is 10.3 Å². The van der Waals surface area contributed by atoms with Crippen LogP contribution in [0.4, 0.5) is 0 Å². The number of nitrogens with zero attached hydrogens (tertiary/aromatic N) is 1. The first-order valence-electron chi connectivity index (χ1n) is 6.65. The molecule has 4 nitrogen and oxygen atoms in total. The van der Waals surface area contributed by atoms with Crippen LogP contribution in [-0.4, -0.2) is 11.1 Å². The summed E-state index contributed by atoms with van der Waals surface area (Å²) in [7, 11) is 0. The summed E-state index contributed by atoms with van der Waals surface area (Å²) in [4.78, 5) is 4.28. The van der Waals surface area contributed by atoms with Crippen LogP contribution < -0.4 is 10.1 Å². The third kappa shape index (κ3) is 4.08. The van der Waals surface area contributed by atoms with Crippen molar-refractivity contribution in [2.75, 3.05) is 0 Å². The zero-order valence-electron chi connectivity index (χ0n) is 11.9. The molecule has 0 amide bonds. The van der Waals surface area contributed by atoms with E-state index in [-0.39, 0.29) is 12.1 Å². The van der Waals surface area contributed by atoms with E-state index in [1.54, 1.807) is 6.20 Å². The van der Waals surface area contributed by atoms with Crippen LogP contribution in [0.1, 0.15) is 38.1 Å². The molecule has 1 unspecified atom stereocenters. The molecule has 0 fully saturated rings. The molecule has 0 aliphatic rings. The van der Waals surface area contributed by atoms with Crippen LogP contribution in [0.3, 0.4) is 0 Å². The fourth-order valence-corrected chi connectivity index (χ4v) is 2.13. The van der Waals surface area contributed by atoms with Crippen LogP contribution in [0.15, 0.2) is 39.5 Å². The van der Waals surface area contributed by atoms with Crippen molar-refractivity contribution in [2.45, 2.75) is 39.5 Å². The number of halogens is 1. The van der Waals surface area contributed by atoms with Gasteiger partial charge in [-0.2, -0.15) is 0 Å². The number of ether oxygens (including phenoxy) is 1. The number of hydrogen-bond acceptors (Lipinski definition) is 4. The summed E-state index contributed by atoms with van der Waals surface area (Å²) < 4.78 is 12.0. The van der Waals surface area contributed by atoms with Gasteiger partial charge in [0, 0.05) is 18.3 Å². The highest BCUT2D eigenvalue weighted by atomic mass is 79.9. The Labute approximate surface area is 127 Å². The Hall–Kier alpha value is -1.33. The van der Waals surface area contributed by atoms with Gasteiger partial charge in [-0.3, -0.25) is 0 Å². The lowest BCUT2D eigenvalue weighted by Crippen LogP contribution is -2.19. The van der Waals surface area contributed by atoms with Gasteiger partial charge in [-0.05, 0) is 54.9 Å². The van der Waals surface area contributed by atoms with Crippen LogP contribution in [0, 0.1) is 0 Å². The van der Waals surface area contributed by atoms with Crippen LogP contribution >= 0.6 is 15.9 Å². The molecule has 0 aliphatic heterocycles. The van der Waals surface area contributed by atoms with Gasteiger partial charge in [-0.15, -0.1) is 0 Å². The number of aromatic nitrogens is 1. The van der Waals surface area contributed by atoms with Crippen molar-refractivity contribution in [3.8, 4) is 5.88 Å². The summed E-state index contributed by atoms with van der Waals surface area (Å²) >= 11 is 3.31. The number of hydrogen-bond donors (Lipinski definition) is 1. The van der Waals surface area contributed by atoms with E-state index in [0.29, 0.717) is 12.4 Å². The Balaban J connectivity index is 2.00. The van der Waals surface area contributed by atoms with Crippen molar-refractivity contribution in [3.63, 3.8) is 0 Å². The van der Waals surface area contributed by atoms with E-state index in [1.165, 1.54) is 0 Å². The largest absolute Gasteiger partial charge is 0.475 e. The van der Waals surface area contributed by atoms with Crippen LogP contribution in [-0.2, 0) is 6.54 Å². The Morgan fingerprint density at radius 2 is 2.10 bits per heavy atom. The van der Waals surface area contributed by atoms with Crippen LogP contribution in [0.25, 0.3) is 0 Å². The molecule has 0 radical (unpaired) electrons. The van der Waals surface area contributed by atoms with Crippen molar-refractivity contribution < 1.29 is 9.15 Å². The van der Waals surface area contributed by atoms with E-state index >= 15 is 0 Å². The summed E-state index contributed by atoms with van der Waals surface area (Å²) in [6, 6.07) is 7.90. The summed E-state index contributed by atoms with van der Waals surface area (Å²) in [6.45, 7) is 6.73. The second-order valence-electron chi connectivity index (χ2n) is 4.88. The lowest BCUT2D eigenvalue weighted by atomic mass is 10.2. The third-order valence-corrected chi connectivity index (χ3v) is 3.24. The minimum atomic E-state index is 0.113. The SMILES string of the molecule is CC(C)Oc1ncccc1CNC(C)c1ccc(Br)o1. The molecule has 1 atom stereocenters. The first kappa shape index (κ1) is 15.1. The van der Waals surface area contributed by atoms with Crippen LogP contribution in [0.5, 0.6) is 5.88 Å². The standard InChI is InChI=1S/C15H19BrN2O2/c1-10(2)19-15-12(5-4-8-17-15)9-18-11(3)13-6-7-14(16)20-13/h4-8,10-11,18H,9H2,1-3H3. The molecule has 0 bridgehead atoms. The molecule has 5 heteroatoms. The zero-order chi connectivity index (χ0) is 14.5. The predicted molar refractivity (Wildman–Crippen MR) is 81.7 cm³/mol. The molecular formula is C15H19BrN2O2. The van der Waals surface area contributed by atoms with Gasteiger partial charge >= 0.3 is 0 Å². The highest BCUT2D eigenvalue weighted by Crippen LogP contribution is 2.21. The van der Waals surface area contributed by atoms with Gasteiger partial charge in [0.1, 0.15) is 5.76 Å². The fraction of sp³-hybridized carbons (Fsp3) is 0.400. The van der Waals surface area contributed by atoms with E-state index < -0.39 is 0 Å². The van der Waals surface area contributed by atoms with Gasteiger partial charge < -0.3 is 14.5 Å². The Bertz CT molecular complexity index is 554. The molecule has 108 valence electrons. The molecule has 20 heavy (non-hydrogen) atoms. The topological polar surface area (TPSA) is 47.3 Å². The Morgan fingerprint density at radius 3 is 2.75 bits per heavy atom. The molecule has 0 saturated carbocycles. The van der Waals surface area contributed by atoms with Gasteiger partial charge in [0.25, 0.3) is 0 Å². The molecule has 0 spiro atoms. The first-order chi connectivity index (χ1) is 9.56. The number of rotatable bonds is 6. The highest BCUT2D eigenvalue weighted by molar-refractivity contribution is 9.10. The molecule has 1 N–H and O–H groups in total. The van der Waals surface area contributed by atoms with Gasteiger partial charge in [0.15, 0.2) is 4.67 Å². The second-order valence-corrected chi connectivity index (χ2v) is 5.66. The lowest BCUT2D eigenvalue weighted by Gasteiger charge is -2.15. The van der Waals surface area contributed by atoms with E-state index in [2.05, 4.69) is 33.2 Å². The van der Waals surface area contributed by atoms with Gasteiger partial charge in [0.2, 0.25) is 5.88 Å². The summed E-state index contributed by atoms with van der Waals surface area (Å²) in [6.07, 6.45) is 1.86. The maximum absolute atomic E-state index is 5.71. The second kappa shape index (κ2) is 6.90. The quantitative estimate of drug-likeness (QED) is 0.862. The maximum atomic E-state index is 5.71. The smallest absolute Gasteiger partial charge is 0.218 e. The normalized spacial score (nSPS) is 12.7. The van der Waals surface area contributed by atoms with Crippen molar-refractivity contribution in [2.24, 2.45) is 0 Å². The van der Waals surface area contributed by atoms with Gasteiger partial charge in [-0.1, -0.05) is 6.07 Å². The van der Waals surface area contributed by atoms with Gasteiger partial charge in [-0.25, -0.2) is 4.98 Å². The number of pyridine rings is 1. The van der Waals surface area contributed by atoms with E-state index in [1.807, 2.05) is 38.1 Å². The summed E-state index contributed by atoms with van der Waals surface area (Å²) in [5.74, 6) is 1.58. The molecule has 0 aliphatic carbocycles. The molecule has 0 saturated heterocycles. The van der Waals surface area contributed by atoms with E-state index in [9.17, 15) is 0 Å². The molecule has 2 heterocycles. The van der Waals surface area contributed by atoms with E-state index in [4.69, 9.17) is 9.15 Å². The molecule has 2 aromatic heterocycles. The predicted octanol–water partition coefficient (Wildman–Crippen LogP) is 4.08. The summed E-state index contributed by atoms with van der Waals surface area (Å²) in [5.41, 5.74) is 1.04. The third-order valence-electron chi connectivity index (χ3n) is 2.82. The number of nitrogens with one attached hydrogen (secondary N) is 1. The monoisotopic (exact) mass is 338 g/mol. The fourth-order valence-electron chi connectivity index (χ4n) is 1.81.